The number of carbonyl (C=O) groups is 1. The zero-order chi connectivity index (χ0) is 20.1. The molecule has 0 atom stereocenters. The molecule has 2 aromatic heterocycles. The third-order valence-corrected chi connectivity index (χ3v) is 4.04. The topological polar surface area (TPSA) is 102 Å². The number of aliphatic imine (C=N–C) groups is 1. The molecule has 3 heterocycles. The number of ether oxygens (including phenoxy) is 1. The van der Waals surface area contributed by atoms with Crippen molar-refractivity contribution < 1.29 is 14.1 Å². The van der Waals surface area contributed by atoms with E-state index < -0.39 is 0 Å². The maximum absolute atomic E-state index is 12.0. The number of nitrogens with zero attached hydrogens (tertiary/aromatic N) is 3. The summed E-state index contributed by atoms with van der Waals surface area (Å²) in [5.74, 6) is 2.09. The van der Waals surface area contributed by atoms with Crippen LogP contribution in [0, 0.1) is 6.92 Å². The van der Waals surface area contributed by atoms with Crippen molar-refractivity contribution in [3.8, 4) is 11.5 Å². The lowest BCUT2D eigenvalue weighted by Crippen LogP contribution is -2.20. The minimum atomic E-state index is -0.309. The minimum absolute atomic E-state index is 0.309. The normalized spacial score (nSPS) is 13.2. The van der Waals surface area contributed by atoms with Crippen molar-refractivity contribution in [2.75, 3.05) is 18.4 Å². The second-order valence-corrected chi connectivity index (χ2v) is 6.36. The second-order valence-electron chi connectivity index (χ2n) is 6.36. The van der Waals surface area contributed by atoms with Gasteiger partial charge in [-0.15, -0.1) is 0 Å². The number of pyridine rings is 1. The van der Waals surface area contributed by atoms with Crippen molar-refractivity contribution in [2.45, 2.75) is 6.92 Å². The number of aryl methyl sites for hydroxylation is 1. The van der Waals surface area contributed by atoms with Gasteiger partial charge in [0.1, 0.15) is 23.0 Å². The van der Waals surface area contributed by atoms with E-state index in [1.54, 1.807) is 31.3 Å². The molecular formula is C21H19N5O3. The van der Waals surface area contributed by atoms with E-state index in [1.165, 1.54) is 6.08 Å². The monoisotopic (exact) mass is 389 g/mol. The number of carbonyl (C=O) groups excluding carboxylic acids is 1. The molecule has 0 radical (unpaired) electrons. The molecule has 3 aromatic rings. The van der Waals surface area contributed by atoms with Crippen molar-refractivity contribution in [1.82, 2.24) is 15.5 Å². The average molecular weight is 389 g/mol. The molecule has 4 rings (SSSR count). The molecule has 29 heavy (non-hydrogen) atoms. The summed E-state index contributed by atoms with van der Waals surface area (Å²) in [6.07, 6.45) is 4.80. The number of nitrogens with one attached hydrogen (secondary N) is 2. The van der Waals surface area contributed by atoms with Gasteiger partial charge >= 0.3 is 0 Å². The molecule has 1 amide bonds. The summed E-state index contributed by atoms with van der Waals surface area (Å²) in [4.78, 5) is 20.7. The number of hydrogen-bond donors (Lipinski definition) is 2. The molecule has 8 nitrogen and oxygen atoms in total. The van der Waals surface area contributed by atoms with Crippen molar-refractivity contribution in [2.24, 2.45) is 4.99 Å². The van der Waals surface area contributed by atoms with E-state index in [4.69, 9.17) is 9.26 Å². The molecule has 0 spiro atoms. The number of amides is 1. The maximum atomic E-state index is 12.0. The van der Waals surface area contributed by atoms with Gasteiger partial charge in [0, 0.05) is 31.0 Å². The van der Waals surface area contributed by atoms with Gasteiger partial charge in [-0.2, -0.15) is 0 Å². The van der Waals surface area contributed by atoms with Crippen LogP contribution in [0.1, 0.15) is 17.0 Å². The third kappa shape index (κ3) is 4.86. The molecule has 1 aliphatic rings. The Morgan fingerprint density at radius 2 is 2.14 bits per heavy atom. The molecule has 8 heteroatoms. The molecule has 0 unspecified atom stereocenters. The Morgan fingerprint density at radius 1 is 1.24 bits per heavy atom. The first-order valence-electron chi connectivity index (χ1n) is 9.11. The summed E-state index contributed by atoms with van der Waals surface area (Å²) in [6.45, 7) is 3.35. The molecule has 0 aliphatic carbocycles. The van der Waals surface area contributed by atoms with Gasteiger partial charge in [-0.3, -0.25) is 20.1 Å². The van der Waals surface area contributed by atoms with Crippen molar-refractivity contribution in [3.63, 3.8) is 0 Å². The number of anilines is 1. The van der Waals surface area contributed by atoms with Crippen LogP contribution in [0.4, 0.5) is 5.88 Å². The number of hydrogen-bond acceptors (Lipinski definition) is 7. The van der Waals surface area contributed by atoms with Crippen LogP contribution in [0.2, 0.25) is 0 Å². The van der Waals surface area contributed by atoms with E-state index in [0.29, 0.717) is 23.1 Å². The van der Waals surface area contributed by atoms with E-state index in [1.807, 2.05) is 30.3 Å². The minimum Gasteiger partial charge on any atom is -0.457 e. The van der Waals surface area contributed by atoms with Crippen LogP contribution in [0.5, 0.6) is 11.5 Å². The molecule has 2 N–H and O–H groups in total. The smallest absolute Gasteiger partial charge is 0.250 e. The molecular weight excluding hydrogens is 370 g/mol. The van der Waals surface area contributed by atoms with E-state index in [9.17, 15) is 4.79 Å². The van der Waals surface area contributed by atoms with Crippen molar-refractivity contribution >= 4 is 23.7 Å². The Morgan fingerprint density at radius 3 is 2.93 bits per heavy atom. The van der Waals surface area contributed by atoms with Gasteiger partial charge in [0.25, 0.3) is 5.91 Å². The van der Waals surface area contributed by atoms with Crippen LogP contribution in [0.3, 0.4) is 0 Å². The molecule has 0 saturated carbocycles. The predicted molar refractivity (Wildman–Crippen MR) is 109 cm³/mol. The summed E-state index contributed by atoms with van der Waals surface area (Å²) in [5, 5.41) is 9.53. The fraction of sp³-hybridized carbons (Fsp3) is 0.143. The van der Waals surface area contributed by atoms with E-state index in [2.05, 4.69) is 25.8 Å². The Hall–Kier alpha value is -3.94. The summed E-state index contributed by atoms with van der Waals surface area (Å²) in [7, 11) is 0. The fourth-order valence-electron chi connectivity index (χ4n) is 2.75. The third-order valence-electron chi connectivity index (χ3n) is 4.04. The fourth-order valence-corrected chi connectivity index (χ4v) is 2.75. The first kappa shape index (κ1) is 18.4. The summed E-state index contributed by atoms with van der Waals surface area (Å²) in [6, 6.07) is 12.7. The second kappa shape index (κ2) is 8.39. The molecule has 0 fully saturated rings. The van der Waals surface area contributed by atoms with Crippen molar-refractivity contribution in [1.29, 1.82) is 0 Å². The van der Waals surface area contributed by atoms with Gasteiger partial charge in [-0.25, -0.2) is 0 Å². The Bertz CT molecular complexity index is 1090. The standard InChI is InChI=1S/C21H19N5O3/c1-14-11-20(29-26-14)25-19(27)6-5-15-3-2-4-16(12-15)28-17-7-8-22-18(13-17)21-23-9-10-24-21/h2-8,11-13H,9-10H2,1H3,(H,23,24)(H,25,27)/b6-5+. The summed E-state index contributed by atoms with van der Waals surface area (Å²) >= 11 is 0. The lowest BCUT2D eigenvalue weighted by Gasteiger charge is -2.08. The zero-order valence-electron chi connectivity index (χ0n) is 15.8. The largest absolute Gasteiger partial charge is 0.457 e. The summed E-state index contributed by atoms with van der Waals surface area (Å²) in [5.41, 5.74) is 2.27. The van der Waals surface area contributed by atoms with Crippen LogP contribution in [0.25, 0.3) is 6.08 Å². The predicted octanol–water partition coefficient (Wildman–Crippen LogP) is 3.17. The lowest BCUT2D eigenvalue weighted by molar-refractivity contribution is -0.112. The highest BCUT2D eigenvalue weighted by atomic mass is 16.5. The molecule has 1 aromatic carbocycles. The Labute approximate surface area is 167 Å². The van der Waals surface area contributed by atoms with Crippen LogP contribution < -0.4 is 15.4 Å². The number of rotatable bonds is 6. The van der Waals surface area contributed by atoms with Crippen LogP contribution >= 0.6 is 0 Å². The first-order chi connectivity index (χ1) is 14.2. The SMILES string of the molecule is Cc1cc(NC(=O)/C=C/c2cccc(Oc3ccnc(C4=NCCN4)c3)c2)on1. The highest BCUT2D eigenvalue weighted by Crippen LogP contribution is 2.23. The van der Waals surface area contributed by atoms with E-state index in [-0.39, 0.29) is 5.91 Å². The van der Waals surface area contributed by atoms with Gasteiger partial charge in [-0.05, 0) is 36.8 Å². The van der Waals surface area contributed by atoms with Gasteiger partial charge in [0.05, 0.1) is 12.2 Å². The zero-order valence-corrected chi connectivity index (χ0v) is 15.8. The molecule has 0 bridgehead atoms. The van der Waals surface area contributed by atoms with Gasteiger partial charge in [0.15, 0.2) is 0 Å². The number of amidine groups is 1. The molecule has 0 saturated heterocycles. The molecule has 146 valence electrons. The van der Waals surface area contributed by atoms with E-state index >= 15 is 0 Å². The maximum Gasteiger partial charge on any atom is 0.250 e. The van der Waals surface area contributed by atoms with Crippen LogP contribution in [0.15, 0.2) is 64.3 Å². The van der Waals surface area contributed by atoms with Gasteiger partial charge < -0.3 is 14.6 Å². The number of aromatic nitrogens is 2. The highest BCUT2D eigenvalue weighted by molar-refractivity contribution is 6.01. The lowest BCUT2D eigenvalue weighted by atomic mass is 10.2. The van der Waals surface area contributed by atoms with Gasteiger partial charge in [-0.1, -0.05) is 17.3 Å². The van der Waals surface area contributed by atoms with Crippen molar-refractivity contribution in [3.05, 3.63) is 71.7 Å². The average Bonchev–Trinajstić information content (AvgIpc) is 3.39. The first-order valence-corrected chi connectivity index (χ1v) is 9.11. The van der Waals surface area contributed by atoms with Gasteiger partial charge in [0.2, 0.25) is 5.88 Å². The quantitative estimate of drug-likeness (QED) is 0.628. The van der Waals surface area contributed by atoms with E-state index in [0.717, 1.165) is 30.2 Å². The van der Waals surface area contributed by atoms with Crippen LogP contribution in [-0.4, -0.2) is 35.0 Å². The summed E-state index contributed by atoms with van der Waals surface area (Å²) < 4.78 is 10.9. The van der Waals surface area contributed by atoms with Crippen LogP contribution in [-0.2, 0) is 4.79 Å². The number of benzene rings is 1. The molecule has 1 aliphatic heterocycles. The highest BCUT2D eigenvalue weighted by Gasteiger charge is 2.10. The Balaban J connectivity index is 1.42. The Kier molecular flexibility index (Phi) is 5.33.